The maximum Gasteiger partial charge on any atom is 0.293 e. The zero-order valence-corrected chi connectivity index (χ0v) is 17.3. The summed E-state index contributed by atoms with van der Waals surface area (Å²) < 4.78 is 5.54. The molecule has 0 saturated heterocycles. The zero-order valence-electron chi connectivity index (χ0n) is 14.2. The summed E-state index contributed by atoms with van der Waals surface area (Å²) in [5.74, 6) is -0.250. The summed E-state index contributed by atoms with van der Waals surface area (Å²) in [5, 5.41) is 16.6. The normalized spacial score (nSPS) is 10.4. The summed E-state index contributed by atoms with van der Waals surface area (Å²) in [4.78, 5) is 22.5. The number of thiocarbonyl (C=S) groups is 1. The Balaban J connectivity index is 1.69. The summed E-state index contributed by atoms with van der Waals surface area (Å²) in [6.07, 6.45) is 0. The number of hydrogen-bond donors (Lipinski definition) is 2. The van der Waals surface area contributed by atoms with Gasteiger partial charge in [-0.05, 0) is 42.5 Å². The molecule has 1 aromatic heterocycles. The molecule has 0 aliphatic heterocycles. The Hall–Kier alpha value is -2.65. The van der Waals surface area contributed by atoms with E-state index in [1.54, 1.807) is 24.3 Å². The third kappa shape index (κ3) is 4.86. The fourth-order valence-electron chi connectivity index (χ4n) is 2.34. The summed E-state index contributed by atoms with van der Waals surface area (Å²) >= 11 is 23.2. The van der Waals surface area contributed by atoms with Gasteiger partial charge in [-0.1, -0.05) is 40.9 Å². The van der Waals surface area contributed by atoms with Gasteiger partial charge in [-0.15, -0.1) is 0 Å². The largest absolute Gasteiger partial charge is 0.451 e. The van der Waals surface area contributed by atoms with Crippen molar-refractivity contribution >= 4 is 69.4 Å². The van der Waals surface area contributed by atoms with Crippen LogP contribution in [0.5, 0.6) is 0 Å². The van der Waals surface area contributed by atoms with E-state index in [0.29, 0.717) is 27.1 Å². The molecule has 0 bridgehead atoms. The molecule has 0 fully saturated rings. The van der Waals surface area contributed by atoms with Crippen LogP contribution in [0.1, 0.15) is 10.6 Å². The lowest BCUT2D eigenvalue weighted by Crippen LogP contribution is -2.33. The van der Waals surface area contributed by atoms with Gasteiger partial charge in [0.05, 0.1) is 25.7 Å². The van der Waals surface area contributed by atoms with E-state index >= 15 is 0 Å². The maximum absolute atomic E-state index is 12.4. The predicted molar refractivity (Wildman–Crippen MR) is 116 cm³/mol. The average Bonchev–Trinajstić information content (AvgIpc) is 3.15. The minimum atomic E-state index is -0.607. The van der Waals surface area contributed by atoms with Crippen LogP contribution >= 0.6 is 47.0 Å². The van der Waals surface area contributed by atoms with Crippen molar-refractivity contribution in [3.63, 3.8) is 0 Å². The Morgan fingerprint density at radius 2 is 1.83 bits per heavy atom. The van der Waals surface area contributed by atoms with Crippen molar-refractivity contribution in [2.24, 2.45) is 0 Å². The third-order valence-corrected chi connectivity index (χ3v) is 5.02. The fourth-order valence-corrected chi connectivity index (χ4v) is 3.15. The average molecular weight is 471 g/mol. The van der Waals surface area contributed by atoms with Crippen LogP contribution in [0.2, 0.25) is 15.1 Å². The number of nitro benzene ring substituents is 1. The molecule has 0 radical (unpaired) electrons. The van der Waals surface area contributed by atoms with Crippen molar-refractivity contribution in [1.29, 1.82) is 0 Å². The van der Waals surface area contributed by atoms with Gasteiger partial charge in [0.1, 0.15) is 5.76 Å². The number of halogens is 3. The van der Waals surface area contributed by atoms with E-state index in [4.69, 9.17) is 51.4 Å². The second-order valence-corrected chi connectivity index (χ2v) is 7.20. The first-order valence-electron chi connectivity index (χ1n) is 7.86. The van der Waals surface area contributed by atoms with Gasteiger partial charge in [-0.2, -0.15) is 0 Å². The van der Waals surface area contributed by atoms with Crippen LogP contribution in [0.25, 0.3) is 11.3 Å². The number of nitrogens with one attached hydrogen (secondary N) is 2. The summed E-state index contributed by atoms with van der Waals surface area (Å²) in [6.45, 7) is 0. The molecule has 148 valence electrons. The highest BCUT2D eigenvalue weighted by Gasteiger charge is 2.17. The van der Waals surface area contributed by atoms with E-state index in [2.05, 4.69) is 10.6 Å². The first kappa shape index (κ1) is 21.1. The van der Waals surface area contributed by atoms with Gasteiger partial charge in [0.25, 0.3) is 11.6 Å². The number of nitro groups is 1. The molecule has 2 aromatic carbocycles. The molecule has 2 N–H and O–H groups in total. The van der Waals surface area contributed by atoms with Gasteiger partial charge in [-0.25, -0.2) is 0 Å². The number of benzene rings is 2. The topological polar surface area (TPSA) is 97.4 Å². The van der Waals surface area contributed by atoms with Crippen LogP contribution in [0, 0.1) is 10.1 Å². The number of carbonyl (C=O) groups excluding carboxylic acids is 1. The van der Waals surface area contributed by atoms with Crippen LogP contribution in [0.3, 0.4) is 0 Å². The lowest BCUT2D eigenvalue weighted by Gasteiger charge is -2.10. The number of amides is 1. The van der Waals surface area contributed by atoms with E-state index in [0.717, 1.165) is 0 Å². The Bertz CT molecular complexity index is 1130. The van der Waals surface area contributed by atoms with Crippen molar-refractivity contribution < 1.29 is 14.1 Å². The summed E-state index contributed by atoms with van der Waals surface area (Å²) in [7, 11) is 0. The lowest BCUT2D eigenvalue weighted by molar-refractivity contribution is -0.384. The van der Waals surface area contributed by atoms with Gasteiger partial charge >= 0.3 is 0 Å². The molecule has 0 aliphatic carbocycles. The van der Waals surface area contributed by atoms with E-state index in [1.165, 1.54) is 24.3 Å². The second-order valence-electron chi connectivity index (χ2n) is 5.59. The summed E-state index contributed by atoms with van der Waals surface area (Å²) in [6, 6.07) is 11.9. The second kappa shape index (κ2) is 8.79. The monoisotopic (exact) mass is 469 g/mol. The molecule has 0 aliphatic rings. The molecule has 0 atom stereocenters. The smallest absolute Gasteiger partial charge is 0.293 e. The first-order chi connectivity index (χ1) is 13.8. The summed E-state index contributed by atoms with van der Waals surface area (Å²) in [5.41, 5.74) is 0.670. The molecule has 0 saturated carbocycles. The van der Waals surface area contributed by atoms with Crippen LogP contribution in [-0.2, 0) is 0 Å². The Labute approximate surface area is 184 Å². The number of carbonyl (C=O) groups is 1. The molecule has 7 nitrogen and oxygen atoms in total. The van der Waals surface area contributed by atoms with Crippen LogP contribution in [0.15, 0.2) is 52.9 Å². The number of furan rings is 1. The van der Waals surface area contributed by atoms with Crippen molar-refractivity contribution in [1.82, 2.24) is 5.32 Å². The fraction of sp³-hybridized carbons (Fsp3) is 0. The number of rotatable bonds is 4. The van der Waals surface area contributed by atoms with Crippen molar-refractivity contribution in [2.75, 3.05) is 5.32 Å². The molecule has 1 heterocycles. The maximum atomic E-state index is 12.4. The highest BCUT2D eigenvalue weighted by molar-refractivity contribution is 7.80. The molecule has 11 heteroatoms. The lowest BCUT2D eigenvalue weighted by atomic mass is 10.2. The van der Waals surface area contributed by atoms with Gasteiger partial charge in [0.15, 0.2) is 10.9 Å². The third-order valence-electron chi connectivity index (χ3n) is 3.69. The highest BCUT2D eigenvalue weighted by atomic mass is 35.5. The van der Waals surface area contributed by atoms with Gasteiger partial charge in [0.2, 0.25) is 0 Å². The van der Waals surface area contributed by atoms with Gasteiger partial charge in [-0.3, -0.25) is 20.2 Å². The number of nitrogens with zero attached hydrogens (tertiary/aromatic N) is 1. The van der Waals surface area contributed by atoms with Crippen molar-refractivity contribution in [3.05, 3.63) is 79.5 Å². The molecule has 3 aromatic rings. The van der Waals surface area contributed by atoms with Crippen LogP contribution < -0.4 is 10.6 Å². The molecule has 1 amide bonds. The van der Waals surface area contributed by atoms with Gasteiger partial charge < -0.3 is 9.73 Å². The molecule has 29 heavy (non-hydrogen) atoms. The van der Waals surface area contributed by atoms with Crippen LogP contribution in [-0.4, -0.2) is 15.9 Å². The zero-order chi connectivity index (χ0) is 21.1. The molecule has 0 spiro atoms. The predicted octanol–water partition coefficient (Wildman–Crippen LogP) is 5.94. The van der Waals surface area contributed by atoms with Crippen molar-refractivity contribution in [3.8, 4) is 11.3 Å². The minimum Gasteiger partial charge on any atom is -0.451 e. The van der Waals surface area contributed by atoms with E-state index in [9.17, 15) is 14.9 Å². The van der Waals surface area contributed by atoms with Crippen LogP contribution in [0.4, 0.5) is 11.4 Å². The van der Waals surface area contributed by atoms with E-state index in [-0.39, 0.29) is 21.6 Å². The SMILES string of the molecule is O=C(NC(=S)Nc1ccc([N+](=O)[O-])cc1Cl)c1ccc(-c2cccc(Cl)c2Cl)o1. The Morgan fingerprint density at radius 3 is 2.52 bits per heavy atom. The standard InChI is InChI=1S/C18H10Cl3N3O4S/c19-11-3-1-2-10(16(11)21)14-6-7-15(28-14)17(25)23-18(29)22-13-5-4-9(24(26)27)8-12(13)20/h1-8H,(H2,22,23,25,29). The molecular weight excluding hydrogens is 461 g/mol. The van der Waals surface area contributed by atoms with Crippen molar-refractivity contribution in [2.45, 2.75) is 0 Å². The highest BCUT2D eigenvalue weighted by Crippen LogP contribution is 2.34. The molecule has 3 rings (SSSR count). The molecule has 0 unspecified atom stereocenters. The quantitative estimate of drug-likeness (QED) is 0.278. The Morgan fingerprint density at radius 1 is 1.07 bits per heavy atom. The first-order valence-corrected chi connectivity index (χ1v) is 9.41. The van der Waals surface area contributed by atoms with E-state index < -0.39 is 10.8 Å². The minimum absolute atomic E-state index is 0.00464. The van der Waals surface area contributed by atoms with Gasteiger partial charge in [0, 0.05) is 17.7 Å². The number of hydrogen-bond acceptors (Lipinski definition) is 5. The van der Waals surface area contributed by atoms with E-state index in [1.807, 2.05) is 0 Å². The number of anilines is 1. The molecular formula is C18H10Cl3N3O4S. The Kier molecular flexibility index (Phi) is 6.39. The number of non-ortho nitro benzene ring substituents is 1.